The number of likely N-dealkylation sites (tertiary alicyclic amines) is 1. The number of aryl methyl sites for hydroxylation is 1. The number of hydrogen-bond donors (Lipinski definition) is 1. The molecule has 1 atom stereocenters. The summed E-state index contributed by atoms with van der Waals surface area (Å²) in [6.07, 6.45) is 9.38. The highest BCUT2D eigenvalue weighted by atomic mass is 32.2. The van der Waals surface area contributed by atoms with E-state index in [0.717, 1.165) is 56.3 Å². The highest BCUT2D eigenvalue weighted by Gasteiger charge is 2.22. The van der Waals surface area contributed by atoms with E-state index in [4.69, 9.17) is 0 Å². The van der Waals surface area contributed by atoms with Gasteiger partial charge in [0.1, 0.15) is 4.83 Å². The lowest BCUT2D eigenvalue weighted by atomic mass is 10.1. The number of carbonyl (C=O) groups is 1. The van der Waals surface area contributed by atoms with E-state index in [9.17, 15) is 9.59 Å². The number of thiazole rings is 1. The van der Waals surface area contributed by atoms with E-state index in [1.807, 2.05) is 24.3 Å². The summed E-state index contributed by atoms with van der Waals surface area (Å²) in [6, 6.07) is 14.8. The molecule has 1 N–H and O–H groups in total. The van der Waals surface area contributed by atoms with Crippen molar-refractivity contribution in [3.05, 3.63) is 82.5 Å². The highest BCUT2D eigenvalue weighted by Crippen LogP contribution is 2.32. The maximum Gasteiger partial charge on any atom is 0.224 e. The minimum atomic E-state index is -0.0963. The van der Waals surface area contributed by atoms with Gasteiger partial charge in [-0.25, -0.2) is 0 Å². The number of para-hydroxylation sites is 1. The molecule has 5 aromatic rings. The molecule has 1 fully saturated rings. The van der Waals surface area contributed by atoms with Crippen LogP contribution in [0.4, 0.5) is 0 Å². The average molecular weight is 558 g/mol. The van der Waals surface area contributed by atoms with Crippen LogP contribution in [-0.2, 0) is 17.6 Å². The molecule has 2 aromatic carbocycles. The van der Waals surface area contributed by atoms with Crippen molar-refractivity contribution in [3.63, 3.8) is 0 Å². The van der Waals surface area contributed by atoms with Crippen molar-refractivity contribution in [1.82, 2.24) is 24.6 Å². The normalized spacial score (nSPS) is 16.0. The third-order valence-corrected chi connectivity index (χ3v) is 9.74. The van der Waals surface area contributed by atoms with Crippen molar-refractivity contribution in [2.24, 2.45) is 0 Å². The number of benzene rings is 2. The topological polar surface area (TPSA) is 79.6 Å². The first-order chi connectivity index (χ1) is 19.1. The first-order valence-corrected chi connectivity index (χ1v) is 15.2. The summed E-state index contributed by atoms with van der Waals surface area (Å²) in [7, 11) is 2.15. The summed E-state index contributed by atoms with van der Waals surface area (Å²) in [6.45, 7) is 1.75. The first kappa shape index (κ1) is 26.0. The lowest BCUT2D eigenvalue weighted by molar-refractivity contribution is -0.120. The van der Waals surface area contributed by atoms with Crippen molar-refractivity contribution in [1.29, 1.82) is 0 Å². The van der Waals surface area contributed by atoms with Crippen LogP contribution >= 0.6 is 23.1 Å². The Kier molecular flexibility index (Phi) is 7.63. The van der Waals surface area contributed by atoms with Crippen molar-refractivity contribution < 1.29 is 4.79 Å². The number of nitrogens with one attached hydrogen (secondary N) is 1. The average Bonchev–Trinajstić information content (AvgIpc) is 3.55. The third-order valence-electron chi connectivity index (χ3n) is 7.55. The van der Waals surface area contributed by atoms with Crippen LogP contribution in [0.25, 0.3) is 25.9 Å². The van der Waals surface area contributed by atoms with E-state index in [1.54, 1.807) is 41.7 Å². The van der Waals surface area contributed by atoms with Crippen LogP contribution in [0, 0.1) is 0 Å². The monoisotopic (exact) mass is 557 g/mol. The molecule has 6 rings (SSSR count). The molecule has 1 amide bonds. The zero-order valence-electron chi connectivity index (χ0n) is 21.9. The third kappa shape index (κ3) is 5.44. The fraction of sp³-hybridized carbons (Fsp3) is 0.333. The smallest absolute Gasteiger partial charge is 0.224 e. The summed E-state index contributed by atoms with van der Waals surface area (Å²) in [5.74, 6) is 0.738. The largest absolute Gasteiger partial charge is 0.356 e. The number of hydrogen-bond acceptors (Lipinski definition) is 7. The maximum atomic E-state index is 13.9. The number of rotatable bonds is 9. The number of aromatic nitrogens is 3. The number of carbonyl (C=O) groups excluding carboxylic acids is 1. The van der Waals surface area contributed by atoms with Crippen LogP contribution in [0.1, 0.15) is 30.5 Å². The van der Waals surface area contributed by atoms with Gasteiger partial charge in [0.05, 0.1) is 27.8 Å². The van der Waals surface area contributed by atoms with E-state index in [2.05, 4.69) is 49.8 Å². The molecule has 9 heteroatoms. The highest BCUT2D eigenvalue weighted by molar-refractivity contribution is 7.99. The van der Waals surface area contributed by atoms with E-state index in [1.165, 1.54) is 12.8 Å². The van der Waals surface area contributed by atoms with Gasteiger partial charge in [-0.05, 0) is 63.2 Å². The minimum absolute atomic E-state index is 0.0568. The lowest BCUT2D eigenvalue weighted by Gasteiger charge is -2.19. The molecule has 1 aliphatic heterocycles. The Morgan fingerprint density at radius 2 is 2.08 bits per heavy atom. The molecule has 0 radical (unpaired) electrons. The fourth-order valence-corrected chi connectivity index (χ4v) is 7.61. The Morgan fingerprint density at radius 1 is 1.18 bits per heavy atom. The van der Waals surface area contributed by atoms with Crippen molar-refractivity contribution in [2.45, 2.75) is 43.0 Å². The maximum absolute atomic E-state index is 13.9. The second-order valence-electron chi connectivity index (χ2n) is 10.1. The van der Waals surface area contributed by atoms with Gasteiger partial charge in [-0.15, -0.1) is 23.1 Å². The van der Waals surface area contributed by atoms with E-state index in [-0.39, 0.29) is 17.8 Å². The van der Waals surface area contributed by atoms with Crippen LogP contribution in [0.5, 0.6) is 0 Å². The van der Waals surface area contributed by atoms with Crippen molar-refractivity contribution in [2.75, 3.05) is 25.9 Å². The number of nitrogens with zero attached hydrogens (tertiary/aromatic N) is 4. The summed E-state index contributed by atoms with van der Waals surface area (Å²) < 4.78 is 3.25. The lowest BCUT2D eigenvalue weighted by Crippen LogP contribution is -2.33. The molecule has 0 aliphatic carbocycles. The van der Waals surface area contributed by atoms with Gasteiger partial charge in [-0.1, -0.05) is 12.1 Å². The number of pyridine rings is 1. The molecule has 1 aliphatic rings. The van der Waals surface area contributed by atoms with Crippen LogP contribution in [-0.4, -0.2) is 57.1 Å². The first-order valence-electron chi connectivity index (χ1n) is 13.4. The van der Waals surface area contributed by atoms with E-state index in [0.29, 0.717) is 23.5 Å². The zero-order chi connectivity index (χ0) is 26.8. The summed E-state index contributed by atoms with van der Waals surface area (Å²) in [5.41, 5.74) is 3.39. The molecule has 1 unspecified atom stereocenters. The van der Waals surface area contributed by atoms with Gasteiger partial charge in [0, 0.05) is 59.2 Å². The van der Waals surface area contributed by atoms with Crippen molar-refractivity contribution >= 4 is 55.0 Å². The molecular weight excluding hydrogens is 526 g/mol. The molecule has 200 valence electrons. The summed E-state index contributed by atoms with van der Waals surface area (Å²) >= 11 is 3.27. The fourth-order valence-electron chi connectivity index (χ4n) is 5.50. The number of amides is 1. The summed E-state index contributed by atoms with van der Waals surface area (Å²) in [4.78, 5) is 39.7. The molecule has 3 aromatic heterocycles. The van der Waals surface area contributed by atoms with Crippen LogP contribution in [0.2, 0.25) is 0 Å². The number of fused-ring (bicyclic) bond motifs is 5. The second-order valence-corrected chi connectivity index (χ2v) is 12.3. The van der Waals surface area contributed by atoms with Gasteiger partial charge in [0.25, 0.3) is 0 Å². The Hall–Kier alpha value is -3.27. The standard InChI is InChI=1S/C30H31N5O2S2/c1-34-15-4-5-21(34)10-12-33-28(36)18-24-29(37)23-17-22(38-16-11-20-19-31-13-14-32-20)8-9-25(23)35-26-6-2-3-7-27(26)39-30(24)35/h2-3,6-9,13-14,17,19,21H,4-5,10-12,15-16,18H2,1H3,(H,33,36). The van der Waals surface area contributed by atoms with Gasteiger partial charge in [-0.3, -0.25) is 24.0 Å². The van der Waals surface area contributed by atoms with E-state index < -0.39 is 0 Å². The van der Waals surface area contributed by atoms with Gasteiger partial charge >= 0.3 is 0 Å². The molecule has 0 spiro atoms. The zero-order valence-corrected chi connectivity index (χ0v) is 23.6. The summed E-state index contributed by atoms with van der Waals surface area (Å²) in [5, 5.41) is 3.73. The molecule has 0 bridgehead atoms. The predicted octanol–water partition coefficient (Wildman–Crippen LogP) is 4.94. The molecule has 7 nitrogen and oxygen atoms in total. The van der Waals surface area contributed by atoms with Gasteiger partial charge < -0.3 is 10.2 Å². The Balaban J connectivity index is 1.30. The Morgan fingerprint density at radius 3 is 2.90 bits per heavy atom. The van der Waals surface area contributed by atoms with Gasteiger partial charge in [-0.2, -0.15) is 0 Å². The van der Waals surface area contributed by atoms with Crippen LogP contribution in [0.15, 0.2) is 70.7 Å². The van der Waals surface area contributed by atoms with Crippen LogP contribution < -0.4 is 10.7 Å². The Bertz CT molecular complexity index is 1700. The van der Waals surface area contributed by atoms with Crippen molar-refractivity contribution in [3.8, 4) is 0 Å². The Labute approximate surface area is 235 Å². The molecule has 39 heavy (non-hydrogen) atoms. The van der Waals surface area contributed by atoms with Gasteiger partial charge in [0.2, 0.25) is 5.91 Å². The molecule has 0 saturated carbocycles. The number of thioether (sulfide) groups is 1. The van der Waals surface area contributed by atoms with Crippen LogP contribution in [0.3, 0.4) is 0 Å². The predicted molar refractivity (Wildman–Crippen MR) is 160 cm³/mol. The minimum Gasteiger partial charge on any atom is -0.356 e. The second kappa shape index (κ2) is 11.5. The molecule has 4 heterocycles. The molecular formula is C30H31N5O2S2. The quantitative estimate of drug-likeness (QED) is 0.259. The SMILES string of the molecule is CN1CCCC1CCNC(=O)Cc1c(=O)c2cc(SCCc3cnccn3)ccc2n2c1sc1ccccc12. The van der Waals surface area contributed by atoms with Gasteiger partial charge in [0.15, 0.2) is 5.43 Å². The van der Waals surface area contributed by atoms with E-state index >= 15 is 0 Å². The molecule has 1 saturated heterocycles.